The minimum absolute atomic E-state index is 0.250. The number of rotatable bonds is 4. The van der Waals surface area contributed by atoms with Gasteiger partial charge in [-0.15, -0.1) is 0 Å². The first kappa shape index (κ1) is 16.4. The van der Waals surface area contributed by atoms with E-state index >= 15 is 0 Å². The van der Waals surface area contributed by atoms with E-state index in [-0.39, 0.29) is 11.1 Å². The van der Waals surface area contributed by atoms with E-state index in [1.54, 1.807) is 24.3 Å². The molecule has 0 aliphatic heterocycles. The van der Waals surface area contributed by atoms with Crippen LogP contribution in [0.25, 0.3) is 0 Å². The first-order valence-corrected chi connectivity index (χ1v) is 7.75. The topological polar surface area (TPSA) is 12.0 Å². The molecule has 5 heteroatoms. The van der Waals surface area contributed by atoms with Gasteiger partial charge in [-0.05, 0) is 42.8 Å². The lowest BCUT2D eigenvalue weighted by molar-refractivity contribution is 0.478. The molecule has 112 valence electrons. The summed E-state index contributed by atoms with van der Waals surface area (Å²) in [7, 11) is 0. The fourth-order valence-corrected chi connectivity index (χ4v) is 2.82. The quantitative estimate of drug-likeness (QED) is 0.757. The molecule has 1 atom stereocenters. The molecule has 21 heavy (non-hydrogen) atoms. The van der Waals surface area contributed by atoms with Gasteiger partial charge in [-0.1, -0.05) is 46.6 Å². The summed E-state index contributed by atoms with van der Waals surface area (Å²) in [6.45, 7) is 4.04. The molecule has 1 unspecified atom stereocenters. The predicted molar refractivity (Wildman–Crippen MR) is 85.8 cm³/mol. The van der Waals surface area contributed by atoms with E-state index in [2.05, 4.69) is 21.2 Å². The van der Waals surface area contributed by atoms with Gasteiger partial charge in [-0.3, -0.25) is 0 Å². The van der Waals surface area contributed by atoms with Crippen molar-refractivity contribution in [2.75, 3.05) is 6.54 Å². The maximum Gasteiger partial charge on any atom is 0.164 e. The maximum atomic E-state index is 14.3. The van der Waals surface area contributed by atoms with E-state index in [1.807, 2.05) is 13.0 Å². The third kappa shape index (κ3) is 3.44. The summed E-state index contributed by atoms with van der Waals surface area (Å²) < 4.78 is 29.0. The molecular formula is C16H15BrClF2N. The van der Waals surface area contributed by atoms with Gasteiger partial charge in [0.05, 0.1) is 6.04 Å². The molecule has 0 heterocycles. The van der Waals surface area contributed by atoms with Gasteiger partial charge in [0.2, 0.25) is 0 Å². The Labute approximate surface area is 136 Å². The Morgan fingerprint density at radius 1 is 1.14 bits per heavy atom. The summed E-state index contributed by atoms with van der Waals surface area (Å²) in [4.78, 5) is 0. The highest BCUT2D eigenvalue weighted by Gasteiger charge is 2.22. The average Bonchev–Trinajstić information content (AvgIpc) is 2.46. The summed E-state index contributed by atoms with van der Waals surface area (Å²) in [5.41, 5.74) is 1.24. The summed E-state index contributed by atoms with van der Waals surface area (Å²) in [6.07, 6.45) is 0. The van der Waals surface area contributed by atoms with Crippen LogP contribution in [0.4, 0.5) is 8.78 Å². The maximum absolute atomic E-state index is 14.3. The van der Waals surface area contributed by atoms with Crippen molar-refractivity contribution in [1.29, 1.82) is 0 Å². The van der Waals surface area contributed by atoms with E-state index in [0.29, 0.717) is 17.1 Å². The van der Waals surface area contributed by atoms with Crippen LogP contribution >= 0.6 is 27.5 Å². The Morgan fingerprint density at radius 3 is 2.52 bits per heavy atom. The third-order valence-corrected chi connectivity index (χ3v) is 4.13. The van der Waals surface area contributed by atoms with Crippen molar-refractivity contribution in [2.45, 2.75) is 19.9 Å². The van der Waals surface area contributed by atoms with Crippen LogP contribution in [-0.4, -0.2) is 6.54 Å². The van der Waals surface area contributed by atoms with Crippen LogP contribution in [0.5, 0.6) is 0 Å². The summed E-state index contributed by atoms with van der Waals surface area (Å²) in [6, 6.07) is 8.01. The van der Waals surface area contributed by atoms with Crippen LogP contribution in [0.3, 0.4) is 0 Å². The second kappa shape index (κ2) is 6.86. The lowest BCUT2D eigenvalue weighted by Crippen LogP contribution is -2.24. The smallest absolute Gasteiger partial charge is 0.164 e. The van der Waals surface area contributed by atoms with E-state index in [1.165, 1.54) is 6.92 Å². The van der Waals surface area contributed by atoms with Crippen molar-refractivity contribution in [3.8, 4) is 0 Å². The highest BCUT2D eigenvalue weighted by Crippen LogP contribution is 2.33. The summed E-state index contributed by atoms with van der Waals surface area (Å²) in [5, 5.41) is 3.66. The fraction of sp³-hybridized carbons (Fsp3) is 0.250. The van der Waals surface area contributed by atoms with E-state index in [9.17, 15) is 8.78 Å². The van der Waals surface area contributed by atoms with E-state index in [0.717, 1.165) is 4.47 Å². The van der Waals surface area contributed by atoms with Gasteiger partial charge in [-0.2, -0.15) is 0 Å². The van der Waals surface area contributed by atoms with Crippen molar-refractivity contribution in [3.63, 3.8) is 0 Å². The van der Waals surface area contributed by atoms with Gasteiger partial charge in [-0.25, -0.2) is 8.78 Å². The highest BCUT2D eigenvalue weighted by atomic mass is 79.9. The summed E-state index contributed by atoms with van der Waals surface area (Å²) in [5.74, 6) is -1.65. The molecule has 2 rings (SSSR count). The minimum atomic E-state index is -0.836. The van der Waals surface area contributed by atoms with Crippen LogP contribution < -0.4 is 5.32 Å². The molecule has 0 saturated carbocycles. The predicted octanol–water partition coefficient (Wildman–Crippen LogP) is 5.39. The van der Waals surface area contributed by atoms with Gasteiger partial charge < -0.3 is 5.32 Å². The second-order valence-corrected chi connectivity index (χ2v) is 6.08. The van der Waals surface area contributed by atoms with Gasteiger partial charge in [0.1, 0.15) is 0 Å². The lowest BCUT2D eigenvalue weighted by atomic mass is 9.96. The Balaban J connectivity index is 2.59. The molecule has 1 nitrogen and oxygen atoms in total. The molecule has 0 bridgehead atoms. The Kier molecular flexibility index (Phi) is 5.36. The SMILES string of the molecule is CCNC(c1cc(Br)ccc1Cl)c1ccc(C)c(F)c1F. The van der Waals surface area contributed by atoms with Crippen LogP contribution in [0.1, 0.15) is 29.7 Å². The molecule has 0 aliphatic carbocycles. The average molecular weight is 375 g/mol. The van der Waals surface area contributed by atoms with Crippen LogP contribution in [0.15, 0.2) is 34.8 Å². The molecule has 0 saturated heterocycles. The zero-order valence-corrected chi connectivity index (χ0v) is 14.0. The van der Waals surface area contributed by atoms with Crippen molar-refractivity contribution in [2.24, 2.45) is 0 Å². The first-order chi connectivity index (χ1) is 9.95. The number of aryl methyl sites for hydroxylation is 1. The van der Waals surface area contributed by atoms with Crippen molar-refractivity contribution >= 4 is 27.5 Å². The van der Waals surface area contributed by atoms with Gasteiger partial charge in [0, 0.05) is 15.1 Å². The molecule has 2 aromatic rings. The molecule has 1 N–H and O–H groups in total. The minimum Gasteiger partial charge on any atom is -0.306 e. The van der Waals surface area contributed by atoms with Crippen molar-refractivity contribution in [1.82, 2.24) is 5.32 Å². The molecule has 0 fully saturated rings. The zero-order chi connectivity index (χ0) is 15.6. The number of benzene rings is 2. The highest BCUT2D eigenvalue weighted by molar-refractivity contribution is 9.10. The molecule has 0 aliphatic rings. The third-order valence-electron chi connectivity index (χ3n) is 3.29. The number of halogens is 4. The number of hydrogen-bond donors (Lipinski definition) is 1. The molecule has 2 aromatic carbocycles. The Bertz CT molecular complexity index is 661. The molecule has 0 radical (unpaired) electrons. The normalized spacial score (nSPS) is 12.5. The van der Waals surface area contributed by atoms with Crippen molar-refractivity contribution < 1.29 is 8.78 Å². The van der Waals surface area contributed by atoms with E-state index in [4.69, 9.17) is 11.6 Å². The van der Waals surface area contributed by atoms with Crippen LogP contribution in [-0.2, 0) is 0 Å². The zero-order valence-electron chi connectivity index (χ0n) is 11.7. The Hall–Kier alpha value is -0.970. The van der Waals surface area contributed by atoms with E-state index < -0.39 is 17.7 Å². The molecule has 0 aromatic heterocycles. The largest absolute Gasteiger partial charge is 0.306 e. The van der Waals surface area contributed by atoms with Gasteiger partial charge >= 0.3 is 0 Å². The first-order valence-electron chi connectivity index (χ1n) is 6.58. The van der Waals surface area contributed by atoms with Gasteiger partial charge in [0.25, 0.3) is 0 Å². The number of hydrogen-bond acceptors (Lipinski definition) is 1. The van der Waals surface area contributed by atoms with Crippen LogP contribution in [0.2, 0.25) is 5.02 Å². The van der Waals surface area contributed by atoms with Crippen LogP contribution in [0, 0.1) is 18.6 Å². The number of nitrogens with one attached hydrogen (secondary N) is 1. The molecular weight excluding hydrogens is 360 g/mol. The Morgan fingerprint density at radius 2 is 1.86 bits per heavy atom. The fourth-order valence-electron chi connectivity index (χ4n) is 2.21. The molecule has 0 spiro atoms. The molecule has 0 amide bonds. The van der Waals surface area contributed by atoms with Crippen molar-refractivity contribution in [3.05, 3.63) is 68.2 Å². The standard InChI is InChI=1S/C16H15BrClF2N/c1-3-21-16(12-8-10(17)5-7-13(12)18)11-6-4-9(2)14(19)15(11)20/h4-8,16,21H,3H2,1-2H3. The lowest BCUT2D eigenvalue weighted by Gasteiger charge is -2.21. The monoisotopic (exact) mass is 373 g/mol. The second-order valence-electron chi connectivity index (χ2n) is 4.76. The van der Waals surface area contributed by atoms with Gasteiger partial charge in [0.15, 0.2) is 11.6 Å². The summed E-state index contributed by atoms with van der Waals surface area (Å²) >= 11 is 9.60.